The van der Waals surface area contributed by atoms with Crippen LogP contribution in [0.5, 0.6) is 0 Å². The standard InChI is InChI=1S/C23H36FN9O8/c1-3-4-5-10-38-23(37)32-18-13(24)11-33(22(36)31-18)19-17(41-15(35)7-9-30-21(27)28)16(12(2)39-19)40-14(34)6-8-29-20(25)26/h11-12,16-17,19H,3-10H2,1-2H3,(H4,25,26,29)(H4,27,28,30)(H,31,32,36,37)/t12-,16-,17-,19-/m1/s1. The van der Waals surface area contributed by atoms with Crippen LogP contribution in [0.4, 0.5) is 15.0 Å². The number of halogens is 1. The maximum absolute atomic E-state index is 14.9. The molecule has 2 rings (SSSR count). The van der Waals surface area contributed by atoms with Gasteiger partial charge in [-0.2, -0.15) is 4.98 Å². The van der Waals surface area contributed by atoms with Gasteiger partial charge in [-0.15, -0.1) is 0 Å². The number of ether oxygens (including phenoxy) is 4. The number of anilines is 1. The third-order valence-corrected chi connectivity index (χ3v) is 5.56. The van der Waals surface area contributed by atoms with Crippen molar-refractivity contribution in [3.63, 3.8) is 0 Å². The van der Waals surface area contributed by atoms with E-state index in [1.807, 2.05) is 6.92 Å². The summed E-state index contributed by atoms with van der Waals surface area (Å²) in [5, 5.41) is 2.08. The normalized spacial score (nSPS) is 19.6. The average molecular weight is 586 g/mol. The SMILES string of the molecule is CCCCCOC(=O)Nc1nc(=O)n([C@@H]2O[C@H](C)[C@@H](OC(=O)CCN=C(N)N)[C@H]2OC(=O)CCN=C(N)N)cc1F. The van der Waals surface area contributed by atoms with E-state index in [9.17, 15) is 23.6 Å². The van der Waals surface area contributed by atoms with Crippen molar-refractivity contribution in [2.75, 3.05) is 25.0 Å². The summed E-state index contributed by atoms with van der Waals surface area (Å²) in [6.45, 7) is 3.40. The number of carbonyl (C=O) groups is 3. The molecule has 0 saturated carbocycles. The molecule has 18 heteroatoms. The van der Waals surface area contributed by atoms with Crippen molar-refractivity contribution in [3.8, 4) is 0 Å². The second-order valence-corrected chi connectivity index (χ2v) is 8.85. The Bertz CT molecular complexity index is 1180. The minimum atomic E-state index is -1.46. The molecule has 1 fully saturated rings. The highest BCUT2D eigenvalue weighted by Crippen LogP contribution is 2.33. The first-order chi connectivity index (χ1) is 19.4. The third kappa shape index (κ3) is 10.5. The number of amides is 1. The van der Waals surface area contributed by atoms with E-state index in [1.165, 1.54) is 6.92 Å². The van der Waals surface area contributed by atoms with E-state index < -0.39 is 59.9 Å². The van der Waals surface area contributed by atoms with Crippen LogP contribution in [0.2, 0.25) is 0 Å². The molecule has 41 heavy (non-hydrogen) atoms. The Balaban J connectivity index is 2.27. The molecule has 0 spiro atoms. The van der Waals surface area contributed by atoms with E-state index in [1.54, 1.807) is 0 Å². The van der Waals surface area contributed by atoms with Gasteiger partial charge in [-0.25, -0.2) is 14.0 Å². The maximum atomic E-state index is 14.9. The number of aromatic nitrogens is 2. The summed E-state index contributed by atoms with van der Waals surface area (Å²) < 4.78 is 37.3. The lowest BCUT2D eigenvalue weighted by Gasteiger charge is -2.24. The van der Waals surface area contributed by atoms with Crippen LogP contribution in [0.3, 0.4) is 0 Å². The first kappa shape index (κ1) is 32.7. The van der Waals surface area contributed by atoms with E-state index in [0.717, 1.165) is 12.8 Å². The van der Waals surface area contributed by atoms with Crippen molar-refractivity contribution in [2.45, 2.75) is 70.5 Å². The molecule has 1 aromatic rings. The molecule has 9 N–H and O–H groups in total. The first-order valence-corrected chi connectivity index (χ1v) is 12.8. The fourth-order valence-corrected chi connectivity index (χ4v) is 3.66. The van der Waals surface area contributed by atoms with Crippen LogP contribution in [0, 0.1) is 5.82 Å². The highest BCUT2D eigenvalue weighted by molar-refractivity contribution is 5.83. The number of guanidine groups is 2. The zero-order chi connectivity index (χ0) is 30.5. The van der Waals surface area contributed by atoms with Gasteiger partial charge in [-0.3, -0.25) is 29.5 Å². The molecule has 0 aliphatic carbocycles. The Morgan fingerprint density at radius 1 is 1.05 bits per heavy atom. The number of nitrogens with zero attached hydrogens (tertiary/aromatic N) is 4. The Morgan fingerprint density at radius 2 is 1.63 bits per heavy atom. The molecule has 0 bridgehead atoms. The number of carbonyl (C=O) groups excluding carboxylic acids is 3. The summed E-state index contributed by atoms with van der Waals surface area (Å²) in [5.41, 5.74) is 20.0. The fraction of sp³-hybridized carbons (Fsp3) is 0.609. The van der Waals surface area contributed by atoms with Crippen molar-refractivity contribution in [1.82, 2.24) is 9.55 Å². The number of hydrogen-bond donors (Lipinski definition) is 5. The predicted octanol–water partition coefficient (Wildman–Crippen LogP) is -0.811. The topological polar surface area (TPSA) is 264 Å². The Labute approximate surface area is 234 Å². The van der Waals surface area contributed by atoms with Gasteiger partial charge >= 0.3 is 23.7 Å². The quantitative estimate of drug-likeness (QED) is 0.0588. The zero-order valence-corrected chi connectivity index (χ0v) is 22.8. The molecule has 1 aromatic heterocycles. The van der Waals surface area contributed by atoms with Crippen LogP contribution in [-0.4, -0.2) is 77.5 Å². The number of nitrogens with one attached hydrogen (secondary N) is 1. The number of nitrogens with two attached hydrogens (primary N) is 4. The van der Waals surface area contributed by atoms with Gasteiger partial charge in [-0.1, -0.05) is 19.8 Å². The number of unbranched alkanes of at least 4 members (excludes halogenated alkanes) is 2. The molecule has 17 nitrogen and oxygen atoms in total. The lowest BCUT2D eigenvalue weighted by Crippen LogP contribution is -2.41. The molecular formula is C23H36FN9O8. The maximum Gasteiger partial charge on any atom is 0.412 e. The second kappa shape index (κ2) is 15.9. The summed E-state index contributed by atoms with van der Waals surface area (Å²) in [5.74, 6) is -3.83. The van der Waals surface area contributed by atoms with Crippen LogP contribution in [0.25, 0.3) is 0 Å². The zero-order valence-electron chi connectivity index (χ0n) is 22.8. The van der Waals surface area contributed by atoms with Gasteiger partial charge in [0.15, 0.2) is 42.0 Å². The van der Waals surface area contributed by atoms with Gasteiger partial charge in [-0.05, 0) is 13.3 Å². The van der Waals surface area contributed by atoms with Crippen molar-refractivity contribution in [2.24, 2.45) is 32.9 Å². The number of hydrogen-bond acceptors (Lipinski definition) is 11. The van der Waals surface area contributed by atoms with E-state index in [2.05, 4.69) is 20.3 Å². The molecule has 1 amide bonds. The van der Waals surface area contributed by atoms with Gasteiger partial charge in [0, 0.05) is 0 Å². The van der Waals surface area contributed by atoms with Gasteiger partial charge in [0.05, 0.1) is 44.8 Å². The molecule has 0 unspecified atom stereocenters. The van der Waals surface area contributed by atoms with Crippen molar-refractivity contribution < 1.29 is 37.7 Å². The monoisotopic (exact) mass is 585 g/mol. The highest BCUT2D eigenvalue weighted by atomic mass is 19.1. The minimum absolute atomic E-state index is 0.0698. The Kier molecular flexibility index (Phi) is 12.7. The molecule has 0 radical (unpaired) electrons. The molecular weight excluding hydrogens is 549 g/mol. The lowest BCUT2D eigenvalue weighted by atomic mass is 10.1. The highest BCUT2D eigenvalue weighted by Gasteiger charge is 2.49. The number of rotatable bonds is 14. The summed E-state index contributed by atoms with van der Waals surface area (Å²) in [6, 6.07) is 0. The Morgan fingerprint density at radius 3 is 2.20 bits per heavy atom. The van der Waals surface area contributed by atoms with E-state index in [4.69, 9.17) is 41.9 Å². The summed E-state index contributed by atoms with van der Waals surface area (Å²) in [7, 11) is 0. The van der Waals surface area contributed by atoms with Crippen LogP contribution in [0.15, 0.2) is 21.0 Å². The molecule has 1 aliphatic heterocycles. The number of aliphatic imine (C=N–C) groups is 2. The summed E-state index contributed by atoms with van der Waals surface area (Å²) in [4.78, 5) is 60.7. The van der Waals surface area contributed by atoms with E-state index in [-0.39, 0.29) is 44.5 Å². The van der Waals surface area contributed by atoms with E-state index >= 15 is 0 Å². The van der Waals surface area contributed by atoms with Crippen LogP contribution >= 0.6 is 0 Å². The fourth-order valence-electron chi connectivity index (χ4n) is 3.66. The molecule has 1 saturated heterocycles. The molecule has 0 aromatic carbocycles. The van der Waals surface area contributed by atoms with Crippen molar-refractivity contribution in [1.29, 1.82) is 0 Å². The Hall–Kier alpha value is -4.48. The van der Waals surface area contributed by atoms with Crippen LogP contribution in [0.1, 0.15) is 52.2 Å². The predicted molar refractivity (Wildman–Crippen MR) is 143 cm³/mol. The van der Waals surface area contributed by atoms with Gasteiger partial charge < -0.3 is 41.9 Å². The molecule has 1 aliphatic rings. The second-order valence-electron chi connectivity index (χ2n) is 8.85. The smallest absolute Gasteiger partial charge is 0.412 e. The third-order valence-electron chi connectivity index (χ3n) is 5.56. The first-order valence-electron chi connectivity index (χ1n) is 12.8. The lowest BCUT2D eigenvalue weighted by molar-refractivity contribution is -0.168. The van der Waals surface area contributed by atoms with Crippen molar-refractivity contribution >= 4 is 35.8 Å². The van der Waals surface area contributed by atoms with Gasteiger partial charge in [0.2, 0.25) is 0 Å². The largest absolute Gasteiger partial charge is 0.455 e. The number of esters is 2. The minimum Gasteiger partial charge on any atom is -0.455 e. The van der Waals surface area contributed by atoms with Crippen LogP contribution < -0.4 is 33.9 Å². The average Bonchev–Trinajstić information content (AvgIpc) is 3.17. The molecule has 2 heterocycles. The molecule has 228 valence electrons. The van der Waals surface area contributed by atoms with Gasteiger partial charge in [0.1, 0.15) is 0 Å². The molecule has 4 atom stereocenters. The van der Waals surface area contributed by atoms with Crippen molar-refractivity contribution in [3.05, 3.63) is 22.5 Å². The van der Waals surface area contributed by atoms with Gasteiger partial charge in [0.25, 0.3) is 0 Å². The van der Waals surface area contributed by atoms with Crippen LogP contribution in [-0.2, 0) is 28.5 Å². The van der Waals surface area contributed by atoms with E-state index in [0.29, 0.717) is 17.2 Å². The summed E-state index contributed by atoms with van der Waals surface area (Å²) in [6.07, 6.45) is -3.43. The summed E-state index contributed by atoms with van der Waals surface area (Å²) >= 11 is 0.